The molecule has 0 aliphatic heterocycles. The maximum absolute atomic E-state index is 12.1. The Hall–Kier alpha value is -3.14. The van der Waals surface area contributed by atoms with Gasteiger partial charge in [0.2, 0.25) is 0 Å². The fraction of sp³-hybridized carbons (Fsp3) is 0.182. The molecule has 132 valence electrons. The van der Waals surface area contributed by atoms with Crippen molar-refractivity contribution in [2.24, 2.45) is 0 Å². The molecule has 26 heavy (non-hydrogen) atoms. The normalized spacial score (nSPS) is 10.5. The second-order valence-corrected chi connectivity index (χ2v) is 5.99. The number of rotatable bonds is 6. The van der Waals surface area contributed by atoms with E-state index < -0.39 is 0 Å². The molecule has 0 fully saturated rings. The van der Waals surface area contributed by atoms with Crippen LogP contribution in [0.1, 0.15) is 24.2 Å². The van der Waals surface area contributed by atoms with Crippen LogP contribution in [0.3, 0.4) is 0 Å². The van der Waals surface area contributed by atoms with Gasteiger partial charge in [-0.15, -0.1) is 0 Å². The van der Waals surface area contributed by atoms with E-state index in [-0.39, 0.29) is 18.3 Å². The fourth-order valence-electron chi connectivity index (χ4n) is 2.96. The Morgan fingerprint density at radius 3 is 1.96 bits per heavy atom. The third kappa shape index (κ3) is 3.75. The van der Waals surface area contributed by atoms with Crippen molar-refractivity contribution in [3.63, 3.8) is 0 Å². The number of carbonyl (C=O) groups excluding carboxylic acids is 2. The minimum absolute atomic E-state index is 0.0310. The van der Waals surface area contributed by atoms with Crippen molar-refractivity contribution >= 4 is 11.8 Å². The van der Waals surface area contributed by atoms with Crippen LogP contribution in [0.25, 0.3) is 22.5 Å². The molecule has 0 unspecified atom stereocenters. The smallest absolute Gasteiger partial charge is 0.325 e. The summed E-state index contributed by atoms with van der Waals surface area (Å²) in [7, 11) is 0. The summed E-state index contributed by atoms with van der Waals surface area (Å²) in [5.74, 6) is -0.245. The van der Waals surface area contributed by atoms with Gasteiger partial charge in [-0.3, -0.25) is 9.59 Å². The highest BCUT2D eigenvalue weighted by Gasteiger charge is 2.15. The molecule has 0 amide bonds. The fourth-order valence-corrected chi connectivity index (χ4v) is 2.96. The second-order valence-electron chi connectivity index (χ2n) is 5.99. The molecule has 4 nitrogen and oxygen atoms in total. The number of ketones is 1. The first-order chi connectivity index (χ1) is 12.6. The monoisotopic (exact) mass is 347 g/mol. The topological polar surface area (TPSA) is 48.3 Å². The lowest BCUT2D eigenvalue weighted by Gasteiger charge is -2.13. The zero-order valence-corrected chi connectivity index (χ0v) is 14.9. The largest absolute Gasteiger partial charge is 0.465 e. The minimum Gasteiger partial charge on any atom is -0.465 e. The summed E-state index contributed by atoms with van der Waals surface area (Å²) in [6, 6.07) is 21.3. The molecule has 4 heteroatoms. The first kappa shape index (κ1) is 17.7. The van der Waals surface area contributed by atoms with Gasteiger partial charge in [-0.2, -0.15) is 0 Å². The first-order valence-electron chi connectivity index (χ1n) is 8.62. The summed E-state index contributed by atoms with van der Waals surface area (Å²) in [6.45, 7) is 3.83. The third-order valence-corrected chi connectivity index (χ3v) is 4.23. The van der Waals surface area contributed by atoms with Crippen molar-refractivity contribution in [2.45, 2.75) is 20.4 Å². The molecule has 0 aliphatic carbocycles. The molecule has 1 aromatic heterocycles. The van der Waals surface area contributed by atoms with Crippen LogP contribution >= 0.6 is 0 Å². The highest BCUT2D eigenvalue weighted by atomic mass is 16.5. The molecule has 3 aromatic rings. The lowest BCUT2D eigenvalue weighted by atomic mass is 10.1. The molecule has 0 atom stereocenters. The van der Waals surface area contributed by atoms with Crippen LogP contribution < -0.4 is 0 Å². The van der Waals surface area contributed by atoms with Gasteiger partial charge in [-0.05, 0) is 37.1 Å². The summed E-state index contributed by atoms with van der Waals surface area (Å²) in [5.41, 5.74) is 4.50. The van der Waals surface area contributed by atoms with Crippen LogP contribution in [0.2, 0.25) is 0 Å². The van der Waals surface area contributed by atoms with E-state index in [2.05, 4.69) is 0 Å². The number of benzene rings is 2. The summed E-state index contributed by atoms with van der Waals surface area (Å²) < 4.78 is 7.10. The van der Waals surface area contributed by atoms with E-state index in [0.29, 0.717) is 12.2 Å². The number of hydrogen-bond acceptors (Lipinski definition) is 3. The molecule has 3 rings (SSSR count). The first-order valence-corrected chi connectivity index (χ1v) is 8.62. The molecule has 0 spiro atoms. The summed E-state index contributed by atoms with van der Waals surface area (Å²) >= 11 is 0. The maximum atomic E-state index is 12.1. The van der Waals surface area contributed by atoms with Gasteiger partial charge in [0.05, 0.1) is 6.61 Å². The molecular formula is C22H21NO3. The van der Waals surface area contributed by atoms with Gasteiger partial charge < -0.3 is 9.30 Å². The minimum atomic E-state index is -0.275. The molecule has 2 aromatic carbocycles. The Bertz CT molecular complexity index is 908. The van der Waals surface area contributed by atoms with Crippen LogP contribution in [0.4, 0.5) is 0 Å². The SMILES string of the molecule is CCOC(=O)Cn1c(-c2ccccc2)ccc1-c1ccc(C(C)=O)cc1. The lowest BCUT2D eigenvalue weighted by molar-refractivity contribution is -0.143. The molecular weight excluding hydrogens is 326 g/mol. The van der Waals surface area contributed by atoms with Crippen LogP contribution in [-0.2, 0) is 16.1 Å². The van der Waals surface area contributed by atoms with Gasteiger partial charge in [-0.25, -0.2) is 0 Å². The molecule has 0 bridgehead atoms. The van der Waals surface area contributed by atoms with E-state index in [1.165, 1.54) is 0 Å². The van der Waals surface area contributed by atoms with E-state index >= 15 is 0 Å². The third-order valence-electron chi connectivity index (χ3n) is 4.23. The number of ether oxygens (including phenoxy) is 1. The van der Waals surface area contributed by atoms with E-state index in [1.807, 2.05) is 71.3 Å². The molecule has 0 aliphatic rings. The van der Waals surface area contributed by atoms with Crippen LogP contribution in [0, 0.1) is 0 Å². The number of Topliss-reactive ketones (excluding diaryl/α,β-unsaturated/α-hetero) is 1. The lowest BCUT2D eigenvalue weighted by Crippen LogP contribution is -2.15. The van der Waals surface area contributed by atoms with Crippen LogP contribution in [0.15, 0.2) is 66.7 Å². The van der Waals surface area contributed by atoms with E-state index in [1.54, 1.807) is 13.8 Å². The second kappa shape index (κ2) is 7.83. The van der Waals surface area contributed by atoms with Crippen molar-refractivity contribution in [1.82, 2.24) is 4.57 Å². The summed E-state index contributed by atoms with van der Waals surface area (Å²) in [4.78, 5) is 23.6. The quantitative estimate of drug-likeness (QED) is 0.484. The van der Waals surface area contributed by atoms with Crippen molar-refractivity contribution < 1.29 is 14.3 Å². The number of aromatic nitrogens is 1. The average molecular weight is 347 g/mol. The highest BCUT2D eigenvalue weighted by Crippen LogP contribution is 2.29. The Morgan fingerprint density at radius 1 is 0.846 bits per heavy atom. The van der Waals surface area contributed by atoms with Gasteiger partial charge in [-0.1, -0.05) is 54.6 Å². The Morgan fingerprint density at radius 2 is 1.42 bits per heavy atom. The van der Waals surface area contributed by atoms with Crippen LogP contribution in [-0.4, -0.2) is 22.9 Å². The van der Waals surface area contributed by atoms with Crippen LogP contribution in [0.5, 0.6) is 0 Å². The van der Waals surface area contributed by atoms with E-state index in [9.17, 15) is 9.59 Å². The van der Waals surface area contributed by atoms with Crippen molar-refractivity contribution in [1.29, 1.82) is 0 Å². The molecule has 0 radical (unpaired) electrons. The summed E-state index contributed by atoms with van der Waals surface area (Å²) in [5, 5.41) is 0. The Balaban J connectivity index is 2.05. The summed E-state index contributed by atoms with van der Waals surface area (Å²) in [6.07, 6.45) is 0. The standard InChI is InChI=1S/C22H21NO3/c1-3-26-22(25)15-23-20(18-7-5-4-6-8-18)13-14-21(23)19-11-9-17(10-12-19)16(2)24/h4-14H,3,15H2,1-2H3. The highest BCUT2D eigenvalue weighted by molar-refractivity contribution is 5.94. The van der Waals surface area contributed by atoms with Gasteiger partial charge >= 0.3 is 5.97 Å². The van der Waals surface area contributed by atoms with Gasteiger partial charge in [0.15, 0.2) is 5.78 Å². The van der Waals surface area contributed by atoms with Gasteiger partial charge in [0, 0.05) is 17.0 Å². The molecule has 0 saturated heterocycles. The van der Waals surface area contributed by atoms with Crippen molar-refractivity contribution in [3.05, 3.63) is 72.3 Å². The molecule has 0 N–H and O–H groups in total. The predicted molar refractivity (Wildman–Crippen MR) is 102 cm³/mol. The van der Waals surface area contributed by atoms with Gasteiger partial charge in [0.1, 0.15) is 6.54 Å². The zero-order valence-electron chi connectivity index (χ0n) is 14.9. The predicted octanol–water partition coefficient (Wildman–Crippen LogP) is 4.59. The zero-order chi connectivity index (χ0) is 18.5. The Kier molecular flexibility index (Phi) is 5.32. The molecule has 1 heterocycles. The average Bonchev–Trinajstić information content (AvgIpc) is 3.06. The van der Waals surface area contributed by atoms with E-state index in [4.69, 9.17) is 4.74 Å². The van der Waals surface area contributed by atoms with Crippen molar-refractivity contribution in [3.8, 4) is 22.5 Å². The van der Waals surface area contributed by atoms with E-state index in [0.717, 1.165) is 22.5 Å². The maximum Gasteiger partial charge on any atom is 0.325 e. The number of hydrogen-bond donors (Lipinski definition) is 0. The number of carbonyl (C=O) groups is 2. The number of nitrogens with zero attached hydrogens (tertiary/aromatic N) is 1. The molecule has 0 saturated carbocycles. The van der Waals surface area contributed by atoms with Crippen molar-refractivity contribution in [2.75, 3.05) is 6.61 Å². The van der Waals surface area contributed by atoms with Gasteiger partial charge in [0.25, 0.3) is 0 Å². The number of esters is 1. The Labute approximate surface area is 153 Å².